The zero-order valence-electron chi connectivity index (χ0n) is 17.0. The van der Waals surface area contributed by atoms with E-state index in [2.05, 4.69) is 20.8 Å². The van der Waals surface area contributed by atoms with Crippen molar-refractivity contribution in [3.8, 4) is 11.4 Å². The summed E-state index contributed by atoms with van der Waals surface area (Å²) in [7, 11) is -0.704. The van der Waals surface area contributed by atoms with Crippen molar-refractivity contribution in [1.29, 1.82) is 0 Å². The van der Waals surface area contributed by atoms with Gasteiger partial charge in [-0.1, -0.05) is 6.07 Å². The van der Waals surface area contributed by atoms with Crippen LogP contribution in [0.5, 0.6) is 5.75 Å². The number of tetrazole rings is 1. The highest BCUT2D eigenvalue weighted by Crippen LogP contribution is 2.23. The van der Waals surface area contributed by atoms with E-state index in [1.807, 2.05) is 0 Å². The molecule has 0 radical (unpaired) electrons. The first-order valence-corrected chi connectivity index (χ1v) is 10.5. The van der Waals surface area contributed by atoms with Crippen LogP contribution < -0.4 is 10.1 Å². The van der Waals surface area contributed by atoms with Gasteiger partial charge in [0.2, 0.25) is 10.0 Å². The lowest BCUT2D eigenvalue weighted by Crippen LogP contribution is -2.30. The minimum Gasteiger partial charge on any atom is -0.481 e. The number of rotatable bonds is 7. The molecular formula is C19H22N6O4S. The van der Waals surface area contributed by atoms with Gasteiger partial charge in [-0.15, -0.1) is 5.10 Å². The van der Waals surface area contributed by atoms with Gasteiger partial charge in [0.05, 0.1) is 10.6 Å². The molecule has 10 nitrogen and oxygen atoms in total. The lowest BCUT2D eigenvalue weighted by Gasteiger charge is -2.17. The third-order valence-electron chi connectivity index (χ3n) is 4.38. The minimum atomic E-state index is -3.61. The number of amides is 1. The topological polar surface area (TPSA) is 119 Å². The van der Waals surface area contributed by atoms with Crippen molar-refractivity contribution in [2.45, 2.75) is 24.8 Å². The van der Waals surface area contributed by atoms with E-state index < -0.39 is 22.0 Å². The van der Waals surface area contributed by atoms with Crippen molar-refractivity contribution < 1.29 is 17.9 Å². The Morgan fingerprint density at radius 2 is 1.87 bits per heavy atom. The predicted molar refractivity (Wildman–Crippen MR) is 110 cm³/mol. The summed E-state index contributed by atoms with van der Waals surface area (Å²) in [6.45, 7) is 3.39. The summed E-state index contributed by atoms with van der Waals surface area (Å²) >= 11 is 0. The fraction of sp³-hybridized carbons (Fsp3) is 0.263. The SMILES string of the molecule is Cc1ccc(S(=O)(=O)N(C)C)cc1NC(=O)C(C)Oc1ccc(-n2cnnn2)cc1. The number of carbonyl (C=O) groups is 1. The number of hydrogen-bond donors (Lipinski definition) is 1. The predicted octanol–water partition coefficient (Wildman–Crippen LogP) is 1.63. The van der Waals surface area contributed by atoms with Crippen molar-refractivity contribution in [1.82, 2.24) is 24.5 Å². The second kappa shape index (κ2) is 8.59. The molecule has 0 spiro atoms. The molecule has 2 aromatic carbocycles. The maximum Gasteiger partial charge on any atom is 0.265 e. The average molecular weight is 430 g/mol. The van der Waals surface area contributed by atoms with E-state index in [9.17, 15) is 13.2 Å². The molecule has 11 heteroatoms. The molecule has 0 aliphatic carbocycles. The lowest BCUT2D eigenvalue weighted by atomic mass is 10.2. The smallest absolute Gasteiger partial charge is 0.265 e. The van der Waals surface area contributed by atoms with E-state index in [4.69, 9.17) is 4.74 Å². The maximum atomic E-state index is 12.6. The number of nitrogens with one attached hydrogen (secondary N) is 1. The number of benzene rings is 2. The van der Waals surface area contributed by atoms with E-state index in [0.29, 0.717) is 11.4 Å². The number of carbonyl (C=O) groups excluding carboxylic acids is 1. The molecule has 1 unspecified atom stereocenters. The number of nitrogens with zero attached hydrogens (tertiary/aromatic N) is 5. The number of hydrogen-bond acceptors (Lipinski definition) is 7. The number of aryl methyl sites for hydroxylation is 1. The summed E-state index contributed by atoms with van der Waals surface area (Å²) in [5, 5.41) is 13.7. The van der Waals surface area contributed by atoms with Crippen molar-refractivity contribution in [3.05, 3.63) is 54.4 Å². The highest BCUT2D eigenvalue weighted by molar-refractivity contribution is 7.89. The van der Waals surface area contributed by atoms with Gasteiger partial charge in [-0.2, -0.15) is 0 Å². The van der Waals surface area contributed by atoms with Crippen LogP contribution in [0.2, 0.25) is 0 Å². The summed E-state index contributed by atoms with van der Waals surface area (Å²) in [4.78, 5) is 12.7. The van der Waals surface area contributed by atoms with Gasteiger partial charge in [0, 0.05) is 19.8 Å². The van der Waals surface area contributed by atoms with Crippen molar-refractivity contribution in [2.75, 3.05) is 19.4 Å². The molecule has 0 bridgehead atoms. The van der Waals surface area contributed by atoms with Crippen LogP contribution in [0.15, 0.2) is 53.7 Å². The molecule has 0 aliphatic heterocycles. The molecule has 0 saturated carbocycles. The molecule has 0 aliphatic rings. The van der Waals surface area contributed by atoms with Crippen LogP contribution in [0.3, 0.4) is 0 Å². The van der Waals surface area contributed by atoms with E-state index in [-0.39, 0.29) is 4.90 Å². The molecule has 30 heavy (non-hydrogen) atoms. The van der Waals surface area contributed by atoms with Crippen molar-refractivity contribution >= 4 is 21.6 Å². The van der Waals surface area contributed by atoms with Crippen LogP contribution in [-0.2, 0) is 14.8 Å². The number of sulfonamides is 1. The number of aromatic nitrogens is 4. The fourth-order valence-corrected chi connectivity index (χ4v) is 3.48. The second-order valence-electron chi connectivity index (χ2n) is 6.76. The first-order valence-electron chi connectivity index (χ1n) is 9.02. The molecule has 1 atom stereocenters. The van der Waals surface area contributed by atoms with Gasteiger partial charge < -0.3 is 10.1 Å². The quantitative estimate of drug-likeness (QED) is 0.605. The summed E-state index contributed by atoms with van der Waals surface area (Å²) in [6, 6.07) is 11.5. The van der Waals surface area contributed by atoms with Crippen LogP contribution in [-0.4, -0.2) is 59.0 Å². The van der Waals surface area contributed by atoms with E-state index in [1.165, 1.54) is 37.2 Å². The third kappa shape index (κ3) is 4.63. The van der Waals surface area contributed by atoms with Gasteiger partial charge in [0.1, 0.15) is 12.1 Å². The highest BCUT2D eigenvalue weighted by Gasteiger charge is 2.20. The Bertz CT molecular complexity index is 1130. The summed E-state index contributed by atoms with van der Waals surface area (Å²) in [5.74, 6) is 0.0946. The fourth-order valence-electron chi connectivity index (χ4n) is 2.56. The minimum absolute atomic E-state index is 0.0974. The maximum absolute atomic E-state index is 12.6. The Balaban J connectivity index is 1.70. The van der Waals surface area contributed by atoms with Gasteiger partial charge in [0.25, 0.3) is 5.91 Å². The molecule has 0 saturated heterocycles. The Morgan fingerprint density at radius 3 is 2.47 bits per heavy atom. The van der Waals surface area contributed by atoms with Crippen LogP contribution in [0.1, 0.15) is 12.5 Å². The molecule has 3 rings (SSSR count). The molecule has 1 amide bonds. The molecule has 1 aromatic heterocycles. The zero-order chi connectivity index (χ0) is 21.9. The Hall–Kier alpha value is -3.31. The summed E-state index contributed by atoms with van der Waals surface area (Å²) in [6.07, 6.45) is 0.663. The van der Waals surface area contributed by atoms with E-state index in [0.717, 1.165) is 15.6 Å². The molecule has 3 aromatic rings. The van der Waals surface area contributed by atoms with Gasteiger partial charge in [-0.25, -0.2) is 17.4 Å². The molecule has 158 valence electrons. The van der Waals surface area contributed by atoms with E-state index >= 15 is 0 Å². The van der Waals surface area contributed by atoms with Crippen LogP contribution >= 0.6 is 0 Å². The van der Waals surface area contributed by atoms with Gasteiger partial charge in [0.15, 0.2) is 6.10 Å². The van der Waals surface area contributed by atoms with Gasteiger partial charge in [-0.05, 0) is 66.2 Å². The number of anilines is 1. The molecule has 1 N–H and O–H groups in total. The Kier molecular flexibility index (Phi) is 6.13. The normalized spacial score (nSPS) is 12.6. The Labute approximate surface area is 174 Å². The van der Waals surface area contributed by atoms with Gasteiger partial charge >= 0.3 is 0 Å². The van der Waals surface area contributed by atoms with Crippen LogP contribution in [0, 0.1) is 6.92 Å². The molecule has 1 heterocycles. The molecular weight excluding hydrogens is 408 g/mol. The largest absolute Gasteiger partial charge is 0.481 e. The average Bonchev–Trinajstić information content (AvgIpc) is 3.24. The highest BCUT2D eigenvalue weighted by atomic mass is 32.2. The van der Waals surface area contributed by atoms with Gasteiger partial charge in [-0.3, -0.25) is 4.79 Å². The van der Waals surface area contributed by atoms with E-state index in [1.54, 1.807) is 44.2 Å². The van der Waals surface area contributed by atoms with Crippen LogP contribution in [0.4, 0.5) is 5.69 Å². The summed E-state index contributed by atoms with van der Waals surface area (Å²) in [5.41, 5.74) is 1.89. The standard InChI is InChI=1S/C19H22N6O4S/c1-13-5-10-17(30(27,28)24(3)4)11-18(13)21-19(26)14(2)29-16-8-6-15(7-9-16)25-12-20-22-23-25/h5-12,14H,1-4H3,(H,21,26). The van der Waals surface area contributed by atoms with Crippen molar-refractivity contribution in [3.63, 3.8) is 0 Å². The first-order chi connectivity index (χ1) is 14.2. The first kappa shape index (κ1) is 21.4. The monoisotopic (exact) mass is 430 g/mol. The number of ether oxygens (including phenoxy) is 1. The van der Waals surface area contributed by atoms with Crippen molar-refractivity contribution in [2.24, 2.45) is 0 Å². The Morgan fingerprint density at radius 1 is 1.17 bits per heavy atom. The lowest BCUT2D eigenvalue weighted by molar-refractivity contribution is -0.122. The third-order valence-corrected chi connectivity index (χ3v) is 6.19. The second-order valence-corrected chi connectivity index (χ2v) is 8.91. The zero-order valence-corrected chi connectivity index (χ0v) is 17.8. The van der Waals surface area contributed by atoms with Crippen LogP contribution in [0.25, 0.3) is 5.69 Å². The molecule has 0 fully saturated rings. The summed E-state index contributed by atoms with van der Waals surface area (Å²) < 4.78 is 33.0.